The summed E-state index contributed by atoms with van der Waals surface area (Å²) < 4.78 is 0. The molecule has 4 aliphatic rings. The number of hydrazone groups is 1. The molecule has 0 spiro atoms. The van der Waals surface area contributed by atoms with Crippen molar-refractivity contribution < 1.29 is 19.8 Å². The smallest absolute Gasteiger partial charge is 0.335 e. The van der Waals surface area contributed by atoms with Crippen LogP contribution in [0.15, 0.2) is 40.7 Å². The maximum atomic E-state index is 13.4. The van der Waals surface area contributed by atoms with E-state index in [1.54, 1.807) is 12.1 Å². The Hall–Kier alpha value is -2.63. The predicted molar refractivity (Wildman–Crippen MR) is 125 cm³/mol. The summed E-state index contributed by atoms with van der Waals surface area (Å²) >= 11 is 0. The highest BCUT2D eigenvalue weighted by atomic mass is 16.4. The van der Waals surface area contributed by atoms with Crippen LogP contribution in [-0.2, 0) is 4.79 Å². The van der Waals surface area contributed by atoms with Crippen LogP contribution in [0.5, 0.6) is 0 Å². The fourth-order valence-electron chi connectivity index (χ4n) is 6.22. The van der Waals surface area contributed by atoms with Crippen molar-refractivity contribution in [3.63, 3.8) is 0 Å². The minimum atomic E-state index is -0.990. The normalized spacial score (nSPS) is 29.8. The summed E-state index contributed by atoms with van der Waals surface area (Å²) in [5.74, 6) is 2.46. The molecule has 32 heavy (non-hydrogen) atoms. The van der Waals surface area contributed by atoms with Crippen LogP contribution in [0.25, 0.3) is 0 Å². The minimum Gasteiger partial charge on any atom is -0.511 e. The molecule has 4 fully saturated rings. The van der Waals surface area contributed by atoms with E-state index in [0.29, 0.717) is 29.9 Å². The van der Waals surface area contributed by atoms with Gasteiger partial charge in [0.1, 0.15) is 5.76 Å². The fraction of sp³-hybridized carbons (Fsp3) is 0.577. The van der Waals surface area contributed by atoms with E-state index in [2.05, 4.69) is 10.5 Å². The van der Waals surface area contributed by atoms with E-state index >= 15 is 0 Å². The number of anilines is 1. The highest BCUT2D eigenvalue weighted by Gasteiger charge is 2.48. The fourth-order valence-corrected chi connectivity index (χ4v) is 6.22. The molecule has 172 valence electrons. The molecule has 1 aromatic carbocycles. The molecule has 1 aromatic rings. The second kappa shape index (κ2) is 8.72. The lowest BCUT2D eigenvalue weighted by Gasteiger charge is -2.54. The van der Waals surface area contributed by atoms with Gasteiger partial charge in [-0.15, -0.1) is 0 Å². The Morgan fingerprint density at radius 1 is 1.00 bits per heavy atom. The molecule has 0 unspecified atom stereocenters. The third-order valence-electron chi connectivity index (χ3n) is 7.63. The van der Waals surface area contributed by atoms with Crippen LogP contribution in [0.1, 0.15) is 69.7 Å². The second-order valence-corrected chi connectivity index (χ2v) is 11.0. The lowest BCUT2D eigenvalue weighted by atomic mass is 9.51. The number of nitrogens with one attached hydrogen (secondary N) is 1. The number of benzene rings is 1. The molecule has 0 aliphatic heterocycles. The van der Waals surface area contributed by atoms with Crippen molar-refractivity contribution in [1.29, 1.82) is 0 Å². The zero-order chi connectivity index (χ0) is 23.0. The number of ketones is 1. The molecule has 0 heterocycles. The molecule has 0 atom stereocenters. The standard InChI is InChI=1S/C26H34N2O4/c1-26(2,3)24(30)22(14-27-28-20-6-4-17(5-7-20)25(31)32)23(29)13-21-18-9-15-8-16(11-18)12-19(21)10-15/h4-7,14-16,18-19,21,28,30H,8-13H2,1-3H3,(H,31,32)/b24-22-,27-14+. The minimum absolute atomic E-state index is 0.0401. The molecular formula is C26H34N2O4. The Morgan fingerprint density at radius 2 is 1.56 bits per heavy atom. The van der Waals surface area contributed by atoms with Crippen LogP contribution in [0.2, 0.25) is 0 Å². The quantitative estimate of drug-likeness (QED) is 0.220. The molecule has 6 nitrogen and oxygen atoms in total. The number of carbonyl (C=O) groups is 2. The van der Waals surface area contributed by atoms with E-state index in [0.717, 1.165) is 11.8 Å². The number of hydrogen-bond acceptors (Lipinski definition) is 5. The predicted octanol–water partition coefficient (Wildman–Crippen LogP) is 5.67. The summed E-state index contributed by atoms with van der Waals surface area (Å²) in [6.45, 7) is 5.64. The number of aliphatic hydroxyl groups is 1. The first-order valence-electron chi connectivity index (χ1n) is 11.7. The van der Waals surface area contributed by atoms with Gasteiger partial charge in [-0.2, -0.15) is 5.10 Å². The molecule has 5 rings (SSSR count). The van der Waals surface area contributed by atoms with Gasteiger partial charge in [0.05, 0.1) is 23.0 Å². The van der Waals surface area contributed by atoms with E-state index in [4.69, 9.17) is 5.11 Å². The molecular weight excluding hydrogens is 404 g/mol. The monoisotopic (exact) mass is 438 g/mol. The van der Waals surface area contributed by atoms with Crippen molar-refractivity contribution >= 4 is 23.7 Å². The van der Waals surface area contributed by atoms with Gasteiger partial charge in [0.15, 0.2) is 5.78 Å². The molecule has 4 aliphatic carbocycles. The maximum absolute atomic E-state index is 13.4. The lowest BCUT2D eigenvalue weighted by molar-refractivity contribution is -0.120. The first-order chi connectivity index (χ1) is 15.1. The molecule has 4 saturated carbocycles. The summed E-state index contributed by atoms with van der Waals surface area (Å²) in [7, 11) is 0. The van der Waals surface area contributed by atoms with Crippen molar-refractivity contribution in [1.82, 2.24) is 0 Å². The van der Waals surface area contributed by atoms with Crippen molar-refractivity contribution in [2.24, 2.45) is 40.1 Å². The molecule has 0 amide bonds. The van der Waals surface area contributed by atoms with E-state index in [1.807, 2.05) is 20.8 Å². The Balaban J connectivity index is 1.49. The second-order valence-electron chi connectivity index (χ2n) is 11.0. The first-order valence-corrected chi connectivity index (χ1v) is 11.7. The largest absolute Gasteiger partial charge is 0.511 e. The summed E-state index contributed by atoms with van der Waals surface area (Å²) in [6.07, 6.45) is 8.33. The number of hydrogen-bond donors (Lipinski definition) is 3. The van der Waals surface area contributed by atoms with Crippen molar-refractivity contribution in [2.75, 3.05) is 5.43 Å². The van der Waals surface area contributed by atoms with Crippen molar-refractivity contribution in [3.05, 3.63) is 41.2 Å². The molecule has 0 saturated heterocycles. The highest BCUT2D eigenvalue weighted by Crippen LogP contribution is 2.57. The molecule has 0 radical (unpaired) electrons. The van der Waals surface area contributed by atoms with Crippen LogP contribution in [0.3, 0.4) is 0 Å². The van der Waals surface area contributed by atoms with Crippen molar-refractivity contribution in [2.45, 2.75) is 59.3 Å². The highest BCUT2D eigenvalue weighted by molar-refractivity contribution is 6.14. The third kappa shape index (κ3) is 4.74. The van der Waals surface area contributed by atoms with Gasteiger partial charge >= 0.3 is 5.97 Å². The zero-order valence-electron chi connectivity index (χ0n) is 19.2. The Morgan fingerprint density at radius 3 is 2.06 bits per heavy atom. The van der Waals surface area contributed by atoms with E-state index in [1.165, 1.54) is 50.5 Å². The average molecular weight is 439 g/mol. The lowest BCUT2D eigenvalue weighted by Crippen LogP contribution is -2.45. The number of aromatic carboxylic acids is 1. The zero-order valence-corrected chi connectivity index (χ0v) is 19.2. The Labute approximate surface area is 189 Å². The number of carboxylic acid groups (broad SMARTS) is 1. The van der Waals surface area contributed by atoms with Crippen LogP contribution in [0, 0.1) is 35.0 Å². The Kier molecular flexibility index (Phi) is 6.15. The van der Waals surface area contributed by atoms with Gasteiger partial charge in [0, 0.05) is 11.8 Å². The number of nitrogens with zero attached hydrogens (tertiary/aromatic N) is 1. The summed E-state index contributed by atoms with van der Waals surface area (Å²) in [5.41, 5.74) is 3.33. The van der Waals surface area contributed by atoms with Crippen LogP contribution in [0.4, 0.5) is 5.69 Å². The maximum Gasteiger partial charge on any atom is 0.335 e. The van der Waals surface area contributed by atoms with E-state index < -0.39 is 11.4 Å². The number of carbonyl (C=O) groups excluding carboxylic acids is 1. The van der Waals surface area contributed by atoms with Gasteiger partial charge in [-0.05, 0) is 86.0 Å². The number of rotatable bonds is 7. The SMILES string of the molecule is CC(C)(C)/C(O)=C(\C=N\Nc1ccc(C(=O)O)cc1)C(=O)CC1C2CC3CC(C2)CC1C3. The summed E-state index contributed by atoms with van der Waals surface area (Å²) in [5, 5.41) is 24.1. The van der Waals surface area contributed by atoms with Crippen LogP contribution in [-0.4, -0.2) is 28.2 Å². The number of carboxylic acids is 1. The number of aliphatic hydroxyl groups excluding tert-OH is 1. The Bertz CT molecular complexity index is 912. The van der Waals surface area contributed by atoms with Crippen LogP contribution < -0.4 is 5.43 Å². The van der Waals surface area contributed by atoms with Crippen molar-refractivity contribution in [3.8, 4) is 0 Å². The average Bonchev–Trinajstić information content (AvgIpc) is 2.72. The molecule has 0 aromatic heterocycles. The van der Waals surface area contributed by atoms with Gasteiger partial charge in [-0.3, -0.25) is 10.2 Å². The summed E-state index contributed by atoms with van der Waals surface area (Å²) in [4.78, 5) is 24.4. The first kappa shape index (κ1) is 22.6. The molecule has 6 heteroatoms. The number of Topliss-reactive ketones (excluding diaryl/α,β-unsaturated/α-hetero) is 1. The van der Waals surface area contributed by atoms with Gasteiger partial charge in [0.25, 0.3) is 0 Å². The van der Waals surface area contributed by atoms with Gasteiger partial charge in [-0.25, -0.2) is 4.79 Å². The summed E-state index contributed by atoms with van der Waals surface area (Å²) in [6, 6.07) is 6.20. The van der Waals surface area contributed by atoms with Gasteiger partial charge < -0.3 is 10.2 Å². The third-order valence-corrected chi connectivity index (χ3v) is 7.63. The molecule has 3 N–H and O–H groups in total. The van der Waals surface area contributed by atoms with E-state index in [-0.39, 0.29) is 22.7 Å². The molecule has 4 bridgehead atoms. The topological polar surface area (TPSA) is 99.0 Å². The van der Waals surface area contributed by atoms with Gasteiger partial charge in [-0.1, -0.05) is 20.8 Å². The van der Waals surface area contributed by atoms with E-state index in [9.17, 15) is 14.7 Å². The van der Waals surface area contributed by atoms with Gasteiger partial charge in [0.2, 0.25) is 0 Å². The number of allylic oxidation sites excluding steroid dienone is 2. The van der Waals surface area contributed by atoms with Crippen LogP contribution >= 0.6 is 0 Å².